The van der Waals surface area contributed by atoms with Crippen LogP contribution in [-0.4, -0.2) is 41.1 Å². The van der Waals surface area contributed by atoms with Gasteiger partial charge in [-0.15, -0.1) is 0 Å². The Morgan fingerprint density at radius 2 is 2.13 bits per heavy atom. The van der Waals surface area contributed by atoms with Gasteiger partial charge in [0.2, 0.25) is 20.9 Å². The van der Waals surface area contributed by atoms with Crippen molar-refractivity contribution < 1.29 is 12.8 Å². The molecule has 0 amide bonds. The van der Waals surface area contributed by atoms with Crippen LogP contribution in [0.15, 0.2) is 23.6 Å². The first-order valence-corrected chi connectivity index (χ1v) is 9.11. The van der Waals surface area contributed by atoms with E-state index in [0.29, 0.717) is 31.6 Å². The van der Waals surface area contributed by atoms with Crippen molar-refractivity contribution in [1.29, 1.82) is 0 Å². The maximum Gasteiger partial charge on any atom is 0.246 e. The second-order valence-electron chi connectivity index (χ2n) is 5.75. The normalized spacial score (nSPS) is 15.4. The number of aromatic nitrogens is 3. The van der Waals surface area contributed by atoms with Crippen LogP contribution in [0.3, 0.4) is 0 Å². The lowest BCUT2D eigenvalue weighted by Crippen LogP contribution is -2.32. The highest BCUT2D eigenvalue weighted by Gasteiger charge is 2.22. The van der Waals surface area contributed by atoms with Crippen LogP contribution in [0, 0.1) is 12.9 Å². The van der Waals surface area contributed by atoms with E-state index in [1.54, 1.807) is 12.3 Å². The minimum Gasteiger partial charge on any atom is -0.294 e. The Morgan fingerprint density at radius 3 is 2.83 bits per heavy atom. The van der Waals surface area contributed by atoms with Gasteiger partial charge in [-0.1, -0.05) is 0 Å². The monoisotopic (exact) mass is 336 g/mol. The van der Waals surface area contributed by atoms with Crippen LogP contribution in [0.4, 0.5) is 4.39 Å². The third-order valence-corrected chi connectivity index (χ3v) is 4.80. The fourth-order valence-electron chi connectivity index (χ4n) is 2.64. The lowest BCUT2D eigenvalue weighted by Gasteiger charge is -2.28. The molecule has 1 aliphatic rings. The molecular weight excluding hydrogens is 319 g/mol. The summed E-state index contributed by atoms with van der Waals surface area (Å²) in [5.74, 6) is -0.445. The lowest BCUT2D eigenvalue weighted by atomic mass is 10.1. The van der Waals surface area contributed by atoms with Gasteiger partial charge in [0.05, 0.1) is 5.69 Å². The Morgan fingerprint density at radius 1 is 1.35 bits per heavy atom. The van der Waals surface area contributed by atoms with Crippen LogP contribution >= 0.6 is 0 Å². The molecule has 0 spiro atoms. The zero-order chi connectivity index (χ0) is 16.6. The van der Waals surface area contributed by atoms with Gasteiger partial charge in [0.15, 0.2) is 0 Å². The molecular formula is C15H17FN4O2S. The van der Waals surface area contributed by atoms with E-state index in [4.69, 9.17) is 0 Å². The molecule has 6 nitrogen and oxygen atoms in total. The molecule has 1 aliphatic heterocycles. The molecule has 122 valence electrons. The predicted molar refractivity (Wildman–Crippen MR) is 81.9 cm³/mol. The number of hydrogen-bond acceptors (Lipinski definition) is 6. The number of pyridine rings is 1. The first-order valence-electron chi connectivity index (χ1n) is 7.22. The molecule has 3 heterocycles. The van der Waals surface area contributed by atoms with Crippen LogP contribution in [0.5, 0.6) is 0 Å². The SMILES string of the molecule is Cc1ccnc(F)c1CN1CCc2nc(S(C)(=O)=O)ncc2C1. The highest BCUT2D eigenvalue weighted by molar-refractivity contribution is 7.90. The molecule has 0 aromatic carbocycles. The van der Waals surface area contributed by atoms with Crippen LogP contribution < -0.4 is 0 Å². The Labute approximate surface area is 134 Å². The van der Waals surface area contributed by atoms with Gasteiger partial charge in [0.1, 0.15) is 0 Å². The molecule has 0 fully saturated rings. The Hall–Kier alpha value is -1.93. The molecule has 0 aliphatic carbocycles. The second-order valence-corrected chi connectivity index (χ2v) is 7.66. The summed E-state index contributed by atoms with van der Waals surface area (Å²) >= 11 is 0. The minimum atomic E-state index is -3.40. The fourth-order valence-corrected chi connectivity index (χ4v) is 3.16. The third-order valence-electron chi connectivity index (χ3n) is 3.94. The van der Waals surface area contributed by atoms with Crippen molar-refractivity contribution in [2.75, 3.05) is 12.8 Å². The highest BCUT2D eigenvalue weighted by Crippen LogP contribution is 2.21. The maximum absolute atomic E-state index is 13.9. The summed E-state index contributed by atoms with van der Waals surface area (Å²) < 4.78 is 36.9. The van der Waals surface area contributed by atoms with Gasteiger partial charge in [0, 0.05) is 55.8 Å². The maximum atomic E-state index is 13.9. The van der Waals surface area contributed by atoms with E-state index < -0.39 is 15.8 Å². The molecule has 8 heteroatoms. The molecule has 0 saturated carbocycles. The van der Waals surface area contributed by atoms with Crippen molar-refractivity contribution in [2.45, 2.75) is 31.6 Å². The number of aryl methyl sites for hydroxylation is 1. The van der Waals surface area contributed by atoms with Crippen molar-refractivity contribution in [1.82, 2.24) is 19.9 Å². The van der Waals surface area contributed by atoms with Crippen LogP contribution in [0.1, 0.15) is 22.4 Å². The van der Waals surface area contributed by atoms with E-state index in [9.17, 15) is 12.8 Å². The summed E-state index contributed by atoms with van der Waals surface area (Å²) in [6.45, 7) is 3.56. The van der Waals surface area contributed by atoms with Crippen molar-refractivity contribution in [2.24, 2.45) is 0 Å². The summed E-state index contributed by atoms with van der Waals surface area (Å²) in [6.07, 6.45) is 4.72. The molecule has 23 heavy (non-hydrogen) atoms. The second kappa shape index (κ2) is 5.93. The van der Waals surface area contributed by atoms with Crippen LogP contribution in [0.25, 0.3) is 0 Å². The van der Waals surface area contributed by atoms with E-state index >= 15 is 0 Å². The summed E-state index contributed by atoms with van der Waals surface area (Å²) in [6, 6.07) is 1.79. The standard InChI is InChI=1S/C15H17FN4O2S/c1-10-3-5-17-14(16)12(10)9-20-6-4-13-11(8-20)7-18-15(19-13)23(2,21)22/h3,5,7H,4,6,8-9H2,1-2H3. The van der Waals surface area contributed by atoms with Gasteiger partial charge in [-0.3, -0.25) is 4.90 Å². The average Bonchev–Trinajstić information content (AvgIpc) is 2.49. The summed E-state index contributed by atoms with van der Waals surface area (Å²) in [4.78, 5) is 13.9. The smallest absolute Gasteiger partial charge is 0.246 e. The summed E-state index contributed by atoms with van der Waals surface area (Å²) in [5, 5.41) is -0.140. The highest BCUT2D eigenvalue weighted by atomic mass is 32.2. The number of halogens is 1. The molecule has 3 rings (SSSR count). The predicted octanol–water partition coefficient (Wildman–Crippen LogP) is 1.28. The molecule has 2 aromatic rings. The lowest BCUT2D eigenvalue weighted by molar-refractivity contribution is 0.237. The summed E-state index contributed by atoms with van der Waals surface area (Å²) in [5.41, 5.74) is 3.09. The van der Waals surface area contributed by atoms with Crippen LogP contribution in [-0.2, 0) is 29.3 Å². The molecule has 0 saturated heterocycles. The molecule has 0 atom stereocenters. The van der Waals surface area contributed by atoms with Crippen LogP contribution in [0.2, 0.25) is 0 Å². The topological polar surface area (TPSA) is 76.1 Å². The number of sulfone groups is 1. The Balaban J connectivity index is 1.81. The van der Waals surface area contributed by atoms with Crippen molar-refractivity contribution >= 4 is 9.84 Å². The Kier molecular flexibility index (Phi) is 4.11. The number of hydrogen-bond donors (Lipinski definition) is 0. The van der Waals surface area contributed by atoms with Gasteiger partial charge in [-0.2, -0.15) is 4.39 Å². The van der Waals surface area contributed by atoms with Gasteiger partial charge >= 0.3 is 0 Å². The first-order chi connectivity index (χ1) is 10.8. The number of rotatable bonds is 3. The van der Waals surface area contributed by atoms with Crippen molar-refractivity contribution in [3.05, 3.63) is 46.8 Å². The molecule has 0 unspecified atom stereocenters. The van der Waals surface area contributed by atoms with E-state index in [2.05, 4.69) is 19.9 Å². The summed E-state index contributed by atoms with van der Waals surface area (Å²) in [7, 11) is -3.40. The first kappa shape index (κ1) is 15.9. The van der Waals surface area contributed by atoms with E-state index in [1.807, 2.05) is 6.92 Å². The zero-order valence-corrected chi connectivity index (χ0v) is 13.8. The van der Waals surface area contributed by atoms with Crippen molar-refractivity contribution in [3.8, 4) is 0 Å². The van der Waals surface area contributed by atoms with Gasteiger partial charge in [0.25, 0.3) is 0 Å². The molecule has 0 N–H and O–H groups in total. The average molecular weight is 336 g/mol. The minimum absolute atomic E-state index is 0.140. The van der Waals surface area contributed by atoms with E-state index in [1.165, 1.54) is 6.20 Å². The zero-order valence-electron chi connectivity index (χ0n) is 13.0. The van der Waals surface area contributed by atoms with E-state index in [0.717, 1.165) is 23.1 Å². The third kappa shape index (κ3) is 3.37. The number of nitrogens with zero attached hydrogens (tertiary/aromatic N) is 4. The molecule has 2 aromatic heterocycles. The largest absolute Gasteiger partial charge is 0.294 e. The Bertz CT molecular complexity index is 834. The van der Waals surface area contributed by atoms with Gasteiger partial charge in [-0.05, 0) is 18.6 Å². The van der Waals surface area contributed by atoms with Crippen molar-refractivity contribution in [3.63, 3.8) is 0 Å². The van der Waals surface area contributed by atoms with Gasteiger partial charge in [-0.25, -0.2) is 23.4 Å². The quantitative estimate of drug-likeness (QED) is 0.621. The molecule has 0 radical (unpaired) electrons. The fraction of sp³-hybridized carbons (Fsp3) is 0.400. The van der Waals surface area contributed by atoms with E-state index in [-0.39, 0.29) is 5.16 Å². The number of fused-ring (bicyclic) bond motifs is 1. The van der Waals surface area contributed by atoms with Gasteiger partial charge < -0.3 is 0 Å². The molecule has 0 bridgehead atoms.